The van der Waals surface area contributed by atoms with Crippen molar-refractivity contribution in [2.75, 3.05) is 20.2 Å². The van der Waals surface area contributed by atoms with Gasteiger partial charge in [0.15, 0.2) is 0 Å². The Bertz CT molecular complexity index is 1510. The predicted molar refractivity (Wildman–Crippen MR) is 140 cm³/mol. The van der Waals surface area contributed by atoms with Crippen LogP contribution in [0.1, 0.15) is 45.5 Å². The van der Waals surface area contributed by atoms with Gasteiger partial charge >= 0.3 is 0 Å². The quantitative estimate of drug-likeness (QED) is 0.218. The number of halogens is 2. The summed E-state index contributed by atoms with van der Waals surface area (Å²) >= 11 is 6.50. The third-order valence-corrected chi connectivity index (χ3v) is 7.16. The summed E-state index contributed by atoms with van der Waals surface area (Å²) in [5.41, 5.74) is 3.75. The molecule has 8 heteroatoms. The van der Waals surface area contributed by atoms with Crippen LogP contribution in [0.4, 0.5) is 4.39 Å². The van der Waals surface area contributed by atoms with Crippen molar-refractivity contribution in [2.45, 2.75) is 32.2 Å². The maximum Gasteiger partial charge on any atom is 0.259 e. The molecule has 0 unspecified atom stereocenters. The van der Waals surface area contributed by atoms with E-state index in [0.29, 0.717) is 57.4 Å². The fourth-order valence-electron chi connectivity index (χ4n) is 5.17. The van der Waals surface area contributed by atoms with Crippen LogP contribution in [0.25, 0.3) is 32.9 Å². The lowest BCUT2D eigenvalue weighted by molar-refractivity contribution is 0.0880. The van der Waals surface area contributed by atoms with Gasteiger partial charge in [0.25, 0.3) is 11.8 Å². The van der Waals surface area contributed by atoms with E-state index in [2.05, 4.69) is 10.6 Å². The summed E-state index contributed by atoms with van der Waals surface area (Å²) in [4.78, 5) is 26.0. The Kier molecular flexibility index (Phi) is 6.79. The standard InChI is InChI=1S/C28H27ClFN3O3/c1-31-10-5-4-7-16-13-22-19(14-21(16)30)24-23(33(22)11-6-12-34)15-18(17-8-2-3-9-20(17)29)25-26(24)28(36)32-27(25)35/h2-3,8-9,13-15,31,34H,4-7,10-12H2,1H3,(H,32,35,36). The van der Waals surface area contributed by atoms with Crippen molar-refractivity contribution in [3.63, 3.8) is 0 Å². The van der Waals surface area contributed by atoms with Crippen molar-refractivity contribution in [1.29, 1.82) is 0 Å². The zero-order valence-corrected chi connectivity index (χ0v) is 20.7. The van der Waals surface area contributed by atoms with Gasteiger partial charge in [-0.1, -0.05) is 29.8 Å². The van der Waals surface area contributed by atoms with Gasteiger partial charge in [-0.2, -0.15) is 0 Å². The topological polar surface area (TPSA) is 83.4 Å². The van der Waals surface area contributed by atoms with Crippen molar-refractivity contribution < 1.29 is 19.1 Å². The molecule has 0 saturated heterocycles. The van der Waals surface area contributed by atoms with Gasteiger partial charge in [0.2, 0.25) is 0 Å². The number of hydrogen-bond acceptors (Lipinski definition) is 4. The molecule has 5 rings (SSSR count). The monoisotopic (exact) mass is 507 g/mol. The Morgan fingerprint density at radius 3 is 2.53 bits per heavy atom. The molecule has 3 aromatic carbocycles. The van der Waals surface area contributed by atoms with Gasteiger partial charge in [0.05, 0.1) is 16.6 Å². The van der Waals surface area contributed by atoms with E-state index in [0.717, 1.165) is 24.9 Å². The number of imide groups is 1. The van der Waals surface area contributed by atoms with E-state index < -0.39 is 11.8 Å². The van der Waals surface area contributed by atoms with Crippen molar-refractivity contribution >= 4 is 45.2 Å². The number of hydrogen-bond donors (Lipinski definition) is 3. The van der Waals surface area contributed by atoms with Crippen LogP contribution in [-0.2, 0) is 13.0 Å². The first kappa shape index (κ1) is 24.4. The van der Waals surface area contributed by atoms with E-state index in [1.165, 1.54) is 6.07 Å². The minimum absolute atomic E-state index is 0.0134. The summed E-state index contributed by atoms with van der Waals surface area (Å²) in [7, 11) is 1.89. The Balaban J connectivity index is 1.82. The molecule has 2 amide bonds. The molecule has 0 fully saturated rings. The molecule has 36 heavy (non-hydrogen) atoms. The second kappa shape index (κ2) is 10.0. The van der Waals surface area contributed by atoms with Crippen LogP contribution in [0, 0.1) is 5.82 Å². The van der Waals surface area contributed by atoms with Crippen LogP contribution in [0.2, 0.25) is 5.02 Å². The number of aryl methyl sites for hydroxylation is 2. The Morgan fingerprint density at radius 2 is 1.78 bits per heavy atom. The lowest BCUT2D eigenvalue weighted by Gasteiger charge is -2.12. The molecule has 0 spiro atoms. The maximum absolute atomic E-state index is 15.3. The van der Waals surface area contributed by atoms with E-state index >= 15 is 4.39 Å². The van der Waals surface area contributed by atoms with Gasteiger partial charge in [-0.15, -0.1) is 0 Å². The van der Waals surface area contributed by atoms with Gasteiger partial charge < -0.3 is 15.0 Å². The van der Waals surface area contributed by atoms with Crippen LogP contribution in [0.3, 0.4) is 0 Å². The highest BCUT2D eigenvalue weighted by molar-refractivity contribution is 6.36. The third kappa shape index (κ3) is 4.07. The van der Waals surface area contributed by atoms with Crippen molar-refractivity contribution in [2.24, 2.45) is 0 Å². The number of benzene rings is 3. The highest BCUT2D eigenvalue weighted by Gasteiger charge is 2.35. The average molecular weight is 508 g/mol. The van der Waals surface area contributed by atoms with Crippen LogP contribution in [-0.4, -0.2) is 41.7 Å². The SMILES string of the molecule is CNCCCCc1cc2c(cc1F)c1c3c(c(-c4ccccc4Cl)cc1n2CCCO)C(=O)NC3=O. The Labute approximate surface area is 213 Å². The summed E-state index contributed by atoms with van der Waals surface area (Å²) in [6, 6.07) is 12.3. The number of rotatable bonds is 9. The molecular weight excluding hydrogens is 481 g/mol. The molecule has 0 bridgehead atoms. The molecule has 0 radical (unpaired) electrons. The first-order chi connectivity index (χ1) is 17.5. The number of unbranched alkanes of at least 4 members (excludes halogenated alkanes) is 1. The zero-order valence-electron chi connectivity index (χ0n) is 20.0. The van der Waals surface area contributed by atoms with Crippen molar-refractivity contribution in [3.05, 3.63) is 70.0 Å². The lowest BCUT2D eigenvalue weighted by atomic mass is 9.92. The van der Waals surface area contributed by atoms with E-state index in [4.69, 9.17) is 11.6 Å². The minimum atomic E-state index is -0.508. The number of fused-ring (bicyclic) bond motifs is 5. The largest absolute Gasteiger partial charge is 0.396 e. The first-order valence-electron chi connectivity index (χ1n) is 12.1. The molecule has 3 N–H and O–H groups in total. The summed E-state index contributed by atoms with van der Waals surface area (Å²) in [6.07, 6.45) is 2.84. The highest BCUT2D eigenvalue weighted by atomic mass is 35.5. The summed E-state index contributed by atoms with van der Waals surface area (Å²) in [5, 5.41) is 16.7. The number of nitrogens with zero attached hydrogens (tertiary/aromatic N) is 1. The maximum atomic E-state index is 15.3. The fraction of sp³-hybridized carbons (Fsp3) is 0.286. The van der Waals surface area contributed by atoms with Gasteiger partial charge in [-0.05, 0) is 74.7 Å². The van der Waals surface area contributed by atoms with Crippen LogP contribution in [0.15, 0.2) is 42.5 Å². The summed E-state index contributed by atoms with van der Waals surface area (Å²) in [5.74, 6) is -1.34. The number of aliphatic hydroxyl groups excluding tert-OH is 1. The Morgan fingerprint density at radius 1 is 1.00 bits per heavy atom. The average Bonchev–Trinajstić information content (AvgIpc) is 3.32. The molecule has 1 aromatic heterocycles. The molecular formula is C28H27ClFN3O3. The summed E-state index contributed by atoms with van der Waals surface area (Å²) in [6.45, 7) is 1.32. The van der Waals surface area contributed by atoms with E-state index in [1.54, 1.807) is 12.1 Å². The fourth-order valence-corrected chi connectivity index (χ4v) is 5.41. The smallest absolute Gasteiger partial charge is 0.259 e. The number of amides is 2. The predicted octanol–water partition coefficient (Wildman–Crippen LogP) is 5.06. The van der Waals surface area contributed by atoms with E-state index in [9.17, 15) is 14.7 Å². The van der Waals surface area contributed by atoms with Crippen LogP contribution >= 0.6 is 11.6 Å². The van der Waals surface area contributed by atoms with Crippen molar-refractivity contribution in [3.8, 4) is 11.1 Å². The molecule has 0 atom stereocenters. The van der Waals surface area contributed by atoms with Crippen molar-refractivity contribution in [1.82, 2.24) is 15.2 Å². The number of aliphatic hydroxyl groups is 1. The number of aromatic nitrogens is 1. The van der Waals surface area contributed by atoms with Crippen LogP contribution < -0.4 is 10.6 Å². The summed E-state index contributed by atoms with van der Waals surface area (Å²) < 4.78 is 17.3. The van der Waals surface area contributed by atoms with Gasteiger partial charge in [0.1, 0.15) is 5.82 Å². The molecule has 0 aliphatic carbocycles. The minimum Gasteiger partial charge on any atom is -0.396 e. The molecule has 4 aromatic rings. The van der Waals surface area contributed by atoms with E-state index in [1.807, 2.05) is 35.9 Å². The first-order valence-corrected chi connectivity index (χ1v) is 12.5. The molecule has 2 heterocycles. The second-order valence-corrected chi connectivity index (χ2v) is 9.49. The normalized spacial score (nSPS) is 13.1. The molecule has 186 valence electrons. The molecule has 6 nitrogen and oxygen atoms in total. The second-order valence-electron chi connectivity index (χ2n) is 9.08. The highest BCUT2D eigenvalue weighted by Crippen LogP contribution is 2.42. The number of carbonyl (C=O) groups is 2. The van der Waals surface area contributed by atoms with E-state index in [-0.39, 0.29) is 23.6 Å². The van der Waals surface area contributed by atoms with Crippen LogP contribution in [0.5, 0.6) is 0 Å². The number of carbonyl (C=O) groups excluding carboxylic acids is 2. The lowest BCUT2D eigenvalue weighted by Crippen LogP contribution is -2.20. The van der Waals surface area contributed by atoms with Gasteiger partial charge in [-0.25, -0.2) is 4.39 Å². The van der Waals surface area contributed by atoms with Gasteiger partial charge in [0, 0.05) is 40.0 Å². The van der Waals surface area contributed by atoms with Gasteiger partial charge in [-0.3, -0.25) is 14.9 Å². The Hall–Kier alpha value is -3.26. The molecule has 0 saturated carbocycles. The number of nitrogens with one attached hydrogen (secondary N) is 2. The third-order valence-electron chi connectivity index (χ3n) is 6.83. The molecule has 1 aliphatic rings. The zero-order chi connectivity index (χ0) is 25.4. The molecule has 1 aliphatic heterocycles.